The van der Waals surface area contributed by atoms with Crippen LogP contribution in [0.5, 0.6) is 0 Å². The maximum Gasteiger partial charge on any atom is 0.136 e. The average molecular weight is 259 g/mol. The Labute approximate surface area is 110 Å². The first-order chi connectivity index (χ1) is 7.84. The molecule has 1 nitrogen and oxygen atoms in total. The van der Waals surface area contributed by atoms with Gasteiger partial charge in [-0.3, -0.25) is 0 Å². The number of hydrogen-bond donors (Lipinski definition) is 0. The summed E-state index contributed by atoms with van der Waals surface area (Å²) in [5, 5.41) is 0. The van der Waals surface area contributed by atoms with Gasteiger partial charge in [0.15, 0.2) is 0 Å². The van der Waals surface area contributed by atoms with Crippen LogP contribution in [0.25, 0.3) is 0 Å². The SMILES string of the molecule is CCCCCCCCCCN1CCSC1=S. The molecule has 0 amide bonds. The molecule has 0 unspecified atom stereocenters. The predicted molar refractivity (Wildman–Crippen MR) is 79.2 cm³/mol. The van der Waals surface area contributed by atoms with Crippen LogP contribution in [-0.4, -0.2) is 28.1 Å². The summed E-state index contributed by atoms with van der Waals surface area (Å²) < 4.78 is 1.13. The van der Waals surface area contributed by atoms with Crippen molar-refractivity contribution in [3.63, 3.8) is 0 Å². The lowest BCUT2D eigenvalue weighted by atomic mass is 10.1. The van der Waals surface area contributed by atoms with Gasteiger partial charge in [0.2, 0.25) is 0 Å². The second-order valence-corrected chi connectivity index (χ2v) is 6.31. The third-order valence-corrected chi connectivity index (χ3v) is 4.63. The highest BCUT2D eigenvalue weighted by Gasteiger charge is 2.15. The van der Waals surface area contributed by atoms with Gasteiger partial charge in [-0.05, 0) is 6.42 Å². The lowest BCUT2D eigenvalue weighted by Crippen LogP contribution is -2.23. The second kappa shape index (κ2) is 9.29. The molecule has 0 aromatic carbocycles. The number of thiocarbonyl (C=S) groups is 1. The van der Waals surface area contributed by atoms with Gasteiger partial charge in [0.05, 0.1) is 0 Å². The molecule has 1 aliphatic rings. The van der Waals surface area contributed by atoms with E-state index in [0.29, 0.717) is 0 Å². The van der Waals surface area contributed by atoms with Crippen molar-refractivity contribution < 1.29 is 0 Å². The van der Waals surface area contributed by atoms with Crippen molar-refractivity contribution in [1.29, 1.82) is 0 Å². The Kier molecular flexibility index (Phi) is 8.30. The quantitative estimate of drug-likeness (QED) is 0.444. The number of thioether (sulfide) groups is 1. The van der Waals surface area contributed by atoms with E-state index in [4.69, 9.17) is 12.2 Å². The molecular weight excluding hydrogens is 234 g/mol. The first kappa shape index (κ1) is 14.3. The van der Waals surface area contributed by atoms with Crippen LogP contribution in [0, 0.1) is 0 Å². The van der Waals surface area contributed by atoms with Gasteiger partial charge >= 0.3 is 0 Å². The molecule has 0 aliphatic carbocycles. The smallest absolute Gasteiger partial charge is 0.136 e. The minimum atomic E-state index is 1.13. The van der Waals surface area contributed by atoms with Crippen molar-refractivity contribution >= 4 is 28.3 Å². The summed E-state index contributed by atoms with van der Waals surface area (Å²) in [5.41, 5.74) is 0. The van der Waals surface area contributed by atoms with E-state index in [2.05, 4.69) is 11.8 Å². The molecule has 0 radical (unpaired) electrons. The van der Waals surface area contributed by atoms with E-state index in [1.807, 2.05) is 11.8 Å². The summed E-state index contributed by atoms with van der Waals surface area (Å²) in [6.45, 7) is 4.65. The fourth-order valence-electron chi connectivity index (χ4n) is 2.07. The zero-order chi connectivity index (χ0) is 11.6. The molecule has 16 heavy (non-hydrogen) atoms. The van der Waals surface area contributed by atoms with Gasteiger partial charge in [-0.25, -0.2) is 0 Å². The van der Waals surface area contributed by atoms with Gasteiger partial charge in [-0.2, -0.15) is 0 Å². The third kappa shape index (κ3) is 6.09. The maximum atomic E-state index is 5.28. The van der Waals surface area contributed by atoms with Crippen LogP contribution in [0.1, 0.15) is 58.3 Å². The topological polar surface area (TPSA) is 3.24 Å². The monoisotopic (exact) mass is 259 g/mol. The lowest BCUT2D eigenvalue weighted by Gasteiger charge is -2.16. The molecule has 1 heterocycles. The highest BCUT2D eigenvalue weighted by atomic mass is 32.2. The van der Waals surface area contributed by atoms with Crippen LogP contribution >= 0.6 is 24.0 Å². The molecule has 0 aromatic rings. The molecule has 1 fully saturated rings. The molecule has 0 N–H and O–H groups in total. The van der Waals surface area contributed by atoms with Crippen molar-refractivity contribution in [2.24, 2.45) is 0 Å². The van der Waals surface area contributed by atoms with Crippen molar-refractivity contribution in [1.82, 2.24) is 4.90 Å². The highest BCUT2D eigenvalue weighted by Crippen LogP contribution is 2.18. The van der Waals surface area contributed by atoms with Gasteiger partial charge < -0.3 is 4.90 Å². The van der Waals surface area contributed by atoms with Crippen molar-refractivity contribution in [2.45, 2.75) is 58.3 Å². The molecule has 94 valence electrons. The molecule has 1 saturated heterocycles. The summed E-state index contributed by atoms with van der Waals surface area (Å²) in [7, 11) is 0. The molecule has 0 spiro atoms. The minimum absolute atomic E-state index is 1.13. The first-order valence-corrected chi connectivity index (χ1v) is 8.15. The number of nitrogens with zero attached hydrogens (tertiary/aromatic N) is 1. The third-order valence-electron chi connectivity index (χ3n) is 3.13. The van der Waals surface area contributed by atoms with Crippen LogP contribution in [-0.2, 0) is 0 Å². The summed E-state index contributed by atoms with van der Waals surface area (Å²) in [6.07, 6.45) is 11.2. The molecular formula is C13H25NS2. The van der Waals surface area contributed by atoms with E-state index in [0.717, 1.165) is 4.32 Å². The number of unbranched alkanes of at least 4 members (excludes halogenated alkanes) is 7. The normalized spacial score (nSPS) is 16.1. The van der Waals surface area contributed by atoms with Gasteiger partial charge in [-0.15, -0.1) is 0 Å². The van der Waals surface area contributed by atoms with E-state index in [1.54, 1.807) is 0 Å². The molecule has 1 rings (SSSR count). The van der Waals surface area contributed by atoms with E-state index in [-0.39, 0.29) is 0 Å². The maximum absolute atomic E-state index is 5.28. The van der Waals surface area contributed by atoms with Crippen molar-refractivity contribution in [2.75, 3.05) is 18.8 Å². The Morgan fingerprint density at radius 2 is 1.69 bits per heavy atom. The molecule has 3 heteroatoms. The lowest BCUT2D eigenvalue weighted by molar-refractivity contribution is 0.439. The van der Waals surface area contributed by atoms with Crippen molar-refractivity contribution in [3.05, 3.63) is 0 Å². The molecule has 0 aromatic heterocycles. The molecule has 0 saturated carbocycles. The zero-order valence-electron chi connectivity index (χ0n) is 10.5. The van der Waals surface area contributed by atoms with Gasteiger partial charge in [0.1, 0.15) is 4.32 Å². The zero-order valence-corrected chi connectivity index (χ0v) is 12.2. The van der Waals surface area contributed by atoms with Gasteiger partial charge in [0.25, 0.3) is 0 Å². The first-order valence-electron chi connectivity index (χ1n) is 6.76. The predicted octanol–water partition coefficient (Wildman–Crippen LogP) is 4.46. The van der Waals surface area contributed by atoms with E-state index in [9.17, 15) is 0 Å². The van der Waals surface area contributed by atoms with Crippen molar-refractivity contribution in [3.8, 4) is 0 Å². The second-order valence-electron chi connectivity index (χ2n) is 4.58. The Hall–Kier alpha value is 0.240. The Balaban J connectivity index is 1.83. The van der Waals surface area contributed by atoms with Crippen LogP contribution in [0.2, 0.25) is 0 Å². The van der Waals surface area contributed by atoms with Gasteiger partial charge in [0, 0.05) is 18.8 Å². The Bertz CT molecular complexity index is 194. The minimum Gasteiger partial charge on any atom is -0.357 e. The van der Waals surface area contributed by atoms with E-state index in [1.165, 1.54) is 70.2 Å². The Morgan fingerprint density at radius 3 is 2.25 bits per heavy atom. The average Bonchev–Trinajstić information content (AvgIpc) is 2.68. The van der Waals surface area contributed by atoms with Crippen LogP contribution in [0.3, 0.4) is 0 Å². The van der Waals surface area contributed by atoms with E-state index < -0.39 is 0 Å². The molecule has 0 bridgehead atoms. The fourth-order valence-corrected chi connectivity index (χ4v) is 3.35. The summed E-state index contributed by atoms with van der Waals surface area (Å²) in [6, 6.07) is 0. The summed E-state index contributed by atoms with van der Waals surface area (Å²) in [4.78, 5) is 2.37. The number of hydrogen-bond acceptors (Lipinski definition) is 2. The number of rotatable bonds is 9. The van der Waals surface area contributed by atoms with Crippen LogP contribution in [0.15, 0.2) is 0 Å². The fraction of sp³-hybridized carbons (Fsp3) is 0.923. The molecule has 1 aliphatic heterocycles. The largest absolute Gasteiger partial charge is 0.357 e. The molecule has 0 atom stereocenters. The van der Waals surface area contributed by atoms with Crippen LogP contribution in [0.4, 0.5) is 0 Å². The standard InChI is InChI=1S/C13H25NS2/c1-2-3-4-5-6-7-8-9-10-14-11-12-16-13(14)15/h2-12H2,1H3. The summed E-state index contributed by atoms with van der Waals surface area (Å²) >= 11 is 7.12. The Morgan fingerprint density at radius 1 is 1.06 bits per heavy atom. The summed E-state index contributed by atoms with van der Waals surface area (Å²) in [5.74, 6) is 1.20. The van der Waals surface area contributed by atoms with Crippen LogP contribution < -0.4 is 0 Å². The van der Waals surface area contributed by atoms with Gasteiger partial charge in [-0.1, -0.05) is 75.8 Å². The van der Waals surface area contributed by atoms with E-state index >= 15 is 0 Å². The highest BCUT2D eigenvalue weighted by molar-refractivity contribution is 8.23.